The lowest BCUT2D eigenvalue weighted by Crippen LogP contribution is -2.54. The van der Waals surface area contributed by atoms with Crippen molar-refractivity contribution in [3.63, 3.8) is 0 Å². The molecule has 0 saturated heterocycles. The third kappa shape index (κ3) is 8.89. The molecule has 0 aliphatic carbocycles. The molecule has 242 valence electrons. The number of hydrogen-bond donors (Lipinski definition) is 1. The maximum atomic E-state index is 14.6. The molecule has 0 saturated carbocycles. The van der Waals surface area contributed by atoms with Crippen LogP contribution >= 0.6 is 11.6 Å². The van der Waals surface area contributed by atoms with Gasteiger partial charge in [-0.15, -0.1) is 0 Å². The second-order valence-corrected chi connectivity index (χ2v) is 13.5. The van der Waals surface area contributed by atoms with Gasteiger partial charge in [0.25, 0.3) is 10.0 Å². The molecule has 0 unspecified atom stereocenters. The average molecular weight is 662 g/mol. The first-order chi connectivity index (χ1) is 22.0. The number of para-hydroxylation sites is 2. The van der Waals surface area contributed by atoms with Crippen molar-refractivity contribution in [1.29, 1.82) is 0 Å². The molecule has 4 aromatic rings. The van der Waals surface area contributed by atoms with Crippen LogP contribution in [0.5, 0.6) is 5.75 Å². The Kier molecular flexibility index (Phi) is 11.8. The third-order valence-corrected chi connectivity index (χ3v) is 9.32. The fourth-order valence-corrected chi connectivity index (χ4v) is 6.56. The summed E-state index contributed by atoms with van der Waals surface area (Å²) in [5.41, 5.74) is 2.70. The number of carbonyl (C=O) groups is 2. The molecule has 0 radical (unpaired) electrons. The highest BCUT2D eigenvalue weighted by Gasteiger charge is 2.35. The average Bonchev–Trinajstić information content (AvgIpc) is 3.03. The predicted molar refractivity (Wildman–Crippen MR) is 183 cm³/mol. The van der Waals surface area contributed by atoms with E-state index in [1.165, 1.54) is 17.0 Å². The zero-order valence-electron chi connectivity index (χ0n) is 26.5. The van der Waals surface area contributed by atoms with E-state index in [2.05, 4.69) is 5.32 Å². The summed E-state index contributed by atoms with van der Waals surface area (Å²) >= 11 is 6.15. The van der Waals surface area contributed by atoms with Crippen molar-refractivity contribution in [2.24, 2.45) is 0 Å². The molecule has 0 aliphatic heterocycles. The summed E-state index contributed by atoms with van der Waals surface area (Å²) in [5, 5.41) is 3.49. The molecule has 0 fully saturated rings. The number of nitrogens with one attached hydrogen (secondary N) is 1. The monoisotopic (exact) mass is 661 g/mol. The molecule has 1 N–H and O–H groups in total. The van der Waals surface area contributed by atoms with Gasteiger partial charge in [0, 0.05) is 24.0 Å². The standard InChI is InChI=1S/C36H40ClN3O5S/c1-5-45-34-14-10-9-13-32(34)40(46(43,44)31-21-15-27(4)16-22-31)25-35(41)39(24-29-17-19-30(37)20-18-29)33(36(42)38-26(2)3)23-28-11-7-6-8-12-28/h6-22,26,33H,5,23-25H2,1-4H3,(H,38,42)/t33-/m0/s1. The number of anilines is 1. The zero-order chi connectivity index (χ0) is 33.3. The van der Waals surface area contributed by atoms with Crippen molar-refractivity contribution in [2.75, 3.05) is 17.5 Å². The molecule has 10 heteroatoms. The molecule has 4 aromatic carbocycles. The van der Waals surface area contributed by atoms with E-state index in [0.717, 1.165) is 21.0 Å². The molecule has 8 nitrogen and oxygen atoms in total. The van der Waals surface area contributed by atoms with Gasteiger partial charge in [-0.05, 0) is 75.2 Å². The van der Waals surface area contributed by atoms with Gasteiger partial charge in [0.05, 0.1) is 17.2 Å². The molecule has 0 heterocycles. The van der Waals surface area contributed by atoms with E-state index in [1.807, 2.05) is 51.1 Å². The first kappa shape index (κ1) is 34.5. The van der Waals surface area contributed by atoms with Crippen LogP contribution in [0, 0.1) is 6.92 Å². The highest BCUT2D eigenvalue weighted by Crippen LogP contribution is 2.33. The zero-order valence-corrected chi connectivity index (χ0v) is 28.1. The number of nitrogens with zero attached hydrogens (tertiary/aromatic N) is 2. The minimum Gasteiger partial charge on any atom is -0.492 e. The summed E-state index contributed by atoms with van der Waals surface area (Å²) in [6.07, 6.45) is 0.221. The lowest BCUT2D eigenvalue weighted by atomic mass is 10.0. The molecule has 1 atom stereocenters. The van der Waals surface area contributed by atoms with Gasteiger partial charge < -0.3 is 15.0 Å². The van der Waals surface area contributed by atoms with Gasteiger partial charge in [-0.1, -0.05) is 83.9 Å². The van der Waals surface area contributed by atoms with Crippen LogP contribution in [0.4, 0.5) is 5.69 Å². The van der Waals surface area contributed by atoms with E-state index in [4.69, 9.17) is 16.3 Å². The van der Waals surface area contributed by atoms with Gasteiger partial charge in [0.1, 0.15) is 18.3 Å². The maximum Gasteiger partial charge on any atom is 0.264 e. The van der Waals surface area contributed by atoms with Crippen molar-refractivity contribution in [1.82, 2.24) is 10.2 Å². The van der Waals surface area contributed by atoms with Crippen LogP contribution in [0.15, 0.2) is 108 Å². The number of benzene rings is 4. The predicted octanol–water partition coefficient (Wildman–Crippen LogP) is 6.41. The van der Waals surface area contributed by atoms with Gasteiger partial charge in [-0.3, -0.25) is 13.9 Å². The van der Waals surface area contributed by atoms with Gasteiger partial charge in [0.15, 0.2) is 0 Å². The molecular weight excluding hydrogens is 622 g/mol. The highest BCUT2D eigenvalue weighted by atomic mass is 35.5. The Labute approximate surface area is 277 Å². The van der Waals surface area contributed by atoms with Crippen molar-refractivity contribution in [3.05, 3.63) is 125 Å². The maximum absolute atomic E-state index is 14.6. The SMILES string of the molecule is CCOc1ccccc1N(CC(=O)N(Cc1ccc(Cl)cc1)[C@@H](Cc1ccccc1)C(=O)NC(C)C)S(=O)(=O)c1ccc(C)cc1. The molecule has 0 spiro atoms. The van der Waals surface area contributed by atoms with Crippen LogP contribution in [0.25, 0.3) is 0 Å². The Balaban J connectivity index is 1.84. The van der Waals surface area contributed by atoms with Crippen LogP contribution in [-0.2, 0) is 32.6 Å². The first-order valence-electron chi connectivity index (χ1n) is 15.2. The third-order valence-electron chi connectivity index (χ3n) is 7.29. The van der Waals surface area contributed by atoms with E-state index in [0.29, 0.717) is 17.4 Å². The molecule has 0 bridgehead atoms. The van der Waals surface area contributed by atoms with Gasteiger partial charge >= 0.3 is 0 Å². The number of halogens is 1. The summed E-state index contributed by atoms with van der Waals surface area (Å²) in [6, 6.07) is 28.5. The van der Waals surface area contributed by atoms with Crippen LogP contribution in [0.2, 0.25) is 5.02 Å². The number of sulfonamides is 1. The first-order valence-corrected chi connectivity index (χ1v) is 17.0. The van der Waals surface area contributed by atoms with E-state index in [9.17, 15) is 18.0 Å². The normalized spacial score (nSPS) is 12.0. The topological polar surface area (TPSA) is 96.0 Å². The molecule has 46 heavy (non-hydrogen) atoms. The van der Waals surface area contributed by atoms with E-state index < -0.39 is 28.5 Å². The van der Waals surface area contributed by atoms with E-state index in [-0.39, 0.29) is 35.5 Å². The van der Waals surface area contributed by atoms with Crippen molar-refractivity contribution < 1.29 is 22.7 Å². The van der Waals surface area contributed by atoms with Gasteiger partial charge in [-0.2, -0.15) is 0 Å². The van der Waals surface area contributed by atoms with Crippen LogP contribution < -0.4 is 14.4 Å². The summed E-state index contributed by atoms with van der Waals surface area (Å²) < 4.78 is 35.5. The molecule has 2 amide bonds. The Morgan fingerprint density at radius 2 is 1.48 bits per heavy atom. The fraction of sp³-hybridized carbons (Fsp3) is 0.278. The van der Waals surface area contributed by atoms with Crippen LogP contribution in [0.3, 0.4) is 0 Å². The lowest BCUT2D eigenvalue weighted by molar-refractivity contribution is -0.140. The summed E-state index contributed by atoms with van der Waals surface area (Å²) in [5.74, 6) is -0.586. The molecule has 0 aromatic heterocycles. The Hall–Kier alpha value is -4.34. The largest absolute Gasteiger partial charge is 0.492 e. The summed E-state index contributed by atoms with van der Waals surface area (Å²) in [7, 11) is -4.25. The number of ether oxygens (including phenoxy) is 1. The fourth-order valence-electron chi connectivity index (χ4n) is 5.01. The number of hydrogen-bond acceptors (Lipinski definition) is 5. The van der Waals surface area contributed by atoms with Gasteiger partial charge in [-0.25, -0.2) is 8.42 Å². The quantitative estimate of drug-likeness (QED) is 0.169. The summed E-state index contributed by atoms with van der Waals surface area (Å²) in [4.78, 5) is 29.9. The van der Waals surface area contributed by atoms with E-state index in [1.54, 1.807) is 67.6 Å². The molecular formula is C36H40ClN3O5S. The van der Waals surface area contributed by atoms with E-state index >= 15 is 0 Å². The number of aryl methyl sites for hydroxylation is 1. The van der Waals surface area contributed by atoms with Crippen LogP contribution in [-0.4, -0.2) is 50.4 Å². The van der Waals surface area contributed by atoms with Crippen molar-refractivity contribution in [3.8, 4) is 5.75 Å². The second-order valence-electron chi connectivity index (χ2n) is 11.2. The second kappa shape index (κ2) is 15.8. The van der Waals surface area contributed by atoms with Gasteiger partial charge in [0.2, 0.25) is 11.8 Å². The Morgan fingerprint density at radius 3 is 2.11 bits per heavy atom. The Morgan fingerprint density at radius 1 is 0.848 bits per heavy atom. The highest BCUT2D eigenvalue weighted by molar-refractivity contribution is 7.92. The van der Waals surface area contributed by atoms with Crippen molar-refractivity contribution >= 4 is 39.1 Å². The number of amides is 2. The summed E-state index contributed by atoms with van der Waals surface area (Å²) in [6.45, 7) is 7.13. The molecule has 0 aliphatic rings. The minimum absolute atomic E-state index is 0.0276. The van der Waals surface area contributed by atoms with Crippen molar-refractivity contribution in [2.45, 2.75) is 57.6 Å². The smallest absolute Gasteiger partial charge is 0.264 e. The minimum atomic E-state index is -4.25. The number of rotatable bonds is 14. The molecule has 4 rings (SSSR count). The van der Waals surface area contributed by atoms with Crippen LogP contribution in [0.1, 0.15) is 37.5 Å². The lowest BCUT2D eigenvalue weighted by Gasteiger charge is -2.34. The Bertz CT molecular complexity index is 1710. The number of carbonyl (C=O) groups excluding carboxylic acids is 2.